The summed E-state index contributed by atoms with van der Waals surface area (Å²) in [6, 6.07) is 1.93. The molecule has 120 valence electrons. The van der Waals surface area contributed by atoms with Gasteiger partial charge in [0.15, 0.2) is 0 Å². The van der Waals surface area contributed by atoms with Crippen molar-refractivity contribution in [1.29, 1.82) is 0 Å². The minimum Gasteiger partial charge on any atom is -0.383 e. The van der Waals surface area contributed by atoms with Crippen LogP contribution in [0.15, 0.2) is 0 Å². The van der Waals surface area contributed by atoms with Gasteiger partial charge in [-0.1, -0.05) is 26.7 Å². The normalized spacial score (nSPS) is 27.4. The van der Waals surface area contributed by atoms with Crippen LogP contribution in [0.25, 0.3) is 0 Å². The van der Waals surface area contributed by atoms with Crippen molar-refractivity contribution in [3.63, 3.8) is 0 Å². The molecule has 3 atom stereocenters. The molecule has 0 bridgehead atoms. The highest BCUT2D eigenvalue weighted by atomic mass is 16.5. The number of ether oxygens (including phenoxy) is 1. The number of hydrogen-bond acceptors (Lipinski definition) is 3. The van der Waals surface area contributed by atoms with E-state index < -0.39 is 0 Å². The molecule has 1 rings (SSSR count). The number of likely N-dealkylation sites (N-methyl/N-ethyl adjacent to an activating group) is 1. The Balaban J connectivity index is 2.72. The van der Waals surface area contributed by atoms with Crippen LogP contribution < -0.4 is 5.32 Å². The van der Waals surface area contributed by atoms with Gasteiger partial charge in [0, 0.05) is 31.8 Å². The molecular formula is C17H36N2O. The number of methoxy groups -OCH3 is 1. The van der Waals surface area contributed by atoms with Gasteiger partial charge in [0.05, 0.1) is 6.61 Å². The first-order valence-electron chi connectivity index (χ1n) is 8.62. The summed E-state index contributed by atoms with van der Waals surface area (Å²) in [5.41, 5.74) is 0. The van der Waals surface area contributed by atoms with Crippen LogP contribution in [0.1, 0.15) is 59.8 Å². The van der Waals surface area contributed by atoms with Gasteiger partial charge < -0.3 is 10.1 Å². The predicted molar refractivity (Wildman–Crippen MR) is 87.2 cm³/mol. The third kappa shape index (κ3) is 5.34. The molecule has 3 nitrogen and oxygen atoms in total. The molecule has 0 saturated heterocycles. The molecule has 0 heterocycles. The van der Waals surface area contributed by atoms with Crippen molar-refractivity contribution in [2.24, 2.45) is 5.92 Å². The summed E-state index contributed by atoms with van der Waals surface area (Å²) in [5, 5.41) is 3.73. The lowest BCUT2D eigenvalue weighted by molar-refractivity contribution is 0.0455. The lowest BCUT2D eigenvalue weighted by Crippen LogP contribution is -2.56. The van der Waals surface area contributed by atoms with E-state index >= 15 is 0 Å². The van der Waals surface area contributed by atoms with Gasteiger partial charge in [-0.15, -0.1) is 0 Å². The maximum atomic E-state index is 5.32. The van der Waals surface area contributed by atoms with Crippen LogP contribution in [-0.4, -0.2) is 49.8 Å². The van der Waals surface area contributed by atoms with E-state index in [0.717, 1.165) is 25.6 Å². The molecular weight excluding hydrogens is 248 g/mol. The summed E-state index contributed by atoms with van der Waals surface area (Å²) in [6.07, 6.45) is 6.81. The molecule has 20 heavy (non-hydrogen) atoms. The van der Waals surface area contributed by atoms with Crippen molar-refractivity contribution < 1.29 is 4.74 Å². The summed E-state index contributed by atoms with van der Waals surface area (Å²) in [5.74, 6) is 0.920. The van der Waals surface area contributed by atoms with Gasteiger partial charge in [-0.3, -0.25) is 4.90 Å². The molecule has 3 heteroatoms. The first-order chi connectivity index (χ1) is 9.63. The third-order valence-electron chi connectivity index (χ3n) is 4.73. The monoisotopic (exact) mass is 284 g/mol. The van der Waals surface area contributed by atoms with Gasteiger partial charge in [0.2, 0.25) is 0 Å². The fourth-order valence-corrected chi connectivity index (χ4v) is 3.77. The maximum absolute atomic E-state index is 5.32. The van der Waals surface area contributed by atoms with E-state index in [0.29, 0.717) is 18.1 Å². The molecule has 1 aliphatic carbocycles. The highest BCUT2D eigenvalue weighted by Gasteiger charge is 2.34. The molecule has 0 spiro atoms. The average molecular weight is 284 g/mol. The van der Waals surface area contributed by atoms with Gasteiger partial charge in [0.1, 0.15) is 0 Å². The zero-order valence-electron chi connectivity index (χ0n) is 14.3. The Morgan fingerprint density at radius 1 is 1.25 bits per heavy atom. The minimum absolute atomic E-state index is 0.594. The molecule has 0 aromatic heterocycles. The number of rotatable bonds is 9. The van der Waals surface area contributed by atoms with Gasteiger partial charge >= 0.3 is 0 Å². The number of nitrogens with one attached hydrogen (secondary N) is 1. The van der Waals surface area contributed by atoms with Crippen LogP contribution in [0, 0.1) is 5.92 Å². The highest BCUT2D eigenvalue weighted by Crippen LogP contribution is 2.32. The van der Waals surface area contributed by atoms with E-state index in [4.69, 9.17) is 4.74 Å². The first-order valence-corrected chi connectivity index (χ1v) is 8.62. The zero-order chi connectivity index (χ0) is 15.0. The highest BCUT2D eigenvalue weighted by molar-refractivity contribution is 4.92. The Morgan fingerprint density at radius 2 is 2.00 bits per heavy atom. The van der Waals surface area contributed by atoms with Crippen molar-refractivity contribution in [2.75, 3.05) is 26.8 Å². The summed E-state index contributed by atoms with van der Waals surface area (Å²) >= 11 is 0. The van der Waals surface area contributed by atoms with Crippen LogP contribution in [0.4, 0.5) is 0 Å². The Labute approximate surface area is 126 Å². The standard InChI is InChI=1S/C17H36N2O/c1-6-8-15-9-10-16(18-7-2)17(13-15)19(14(3)4)11-12-20-5/h14-18H,6-13H2,1-5H3. The molecule has 1 aliphatic rings. The SMILES string of the molecule is CCCC1CCC(NCC)C(N(CCOC)C(C)C)C1. The second-order valence-corrected chi connectivity index (χ2v) is 6.52. The fourth-order valence-electron chi connectivity index (χ4n) is 3.77. The fraction of sp³-hybridized carbons (Fsp3) is 1.00. The summed E-state index contributed by atoms with van der Waals surface area (Å²) in [7, 11) is 1.81. The molecule has 3 unspecified atom stereocenters. The molecule has 1 N–H and O–H groups in total. The Bertz CT molecular complexity index is 245. The van der Waals surface area contributed by atoms with Crippen molar-refractivity contribution in [3.05, 3.63) is 0 Å². The van der Waals surface area contributed by atoms with Gasteiger partial charge in [-0.25, -0.2) is 0 Å². The maximum Gasteiger partial charge on any atom is 0.0589 e. The summed E-state index contributed by atoms with van der Waals surface area (Å²) < 4.78 is 5.32. The largest absolute Gasteiger partial charge is 0.383 e. The molecule has 0 radical (unpaired) electrons. The average Bonchev–Trinajstić information content (AvgIpc) is 2.42. The molecule has 0 aliphatic heterocycles. The van der Waals surface area contributed by atoms with E-state index in [1.54, 1.807) is 7.11 Å². The summed E-state index contributed by atoms with van der Waals surface area (Å²) in [6.45, 7) is 12.2. The third-order valence-corrected chi connectivity index (χ3v) is 4.73. The van der Waals surface area contributed by atoms with Crippen LogP contribution in [0.2, 0.25) is 0 Å². The molecule has 1 saturated carbocycles. The second-order valence-electron chi connectivity index (χ2n) is 6.52. The Hall–Kier alpha value is -0.120. The lowest BCUT2D eigenvalue weighted by Gasteiger charge is -2.45. The molecule has 1 fully saturated rings. The van der Waals surface area contributed by atoms with Gasteiger partial charge in [0.25, 0.3) is 0 Å². The topological polar surface area (TPSA) is 24.5 Å². The smallest absolute Gasteiger partial charge is 0.0589 e. The number of nitrogens with zero attached hydrogens (tertiary/aromatic N) is 1. The quantitative estimate of drug-likeness (QED) is 0.703. The van der Waals surface area contributed by atoms with Gasteiger partial charge in [-0.05, 0) is 45.6 Å². The van der Waals surface area contributed by atoms with E-state index in [-0.39, 0.29) is 0 Å². The van der Waals surface area contributed by atoms with Crippen molar-refractivity contribution in [2.45, 2.75) is 77.9 Å². The van der Waals surface area contributed by atoms with Crippen LogP contribution in [0.5, 0.6) is 0 Å². The first kappa shape index (κ1) is 17.9. The van der Waals surface area contributed by atoms with Crippen molar-refractivity contribution in [3.8, 4) is 0 Å². The molecule has 0 amide bonds. The Kier molecular flexibility index (Phi) is 8.74. The predicted octanol–water partition coefficient (Wildman–Crippen LogP) is 3.29. The van der Waals surface area contributed by atoms with Crippen molar-refractivity contribution >= 4 is 0 Å². The van der Waals surface area contributed by atoms with Gasteiger partial charge in [-0.2, -0.15) is 0 Å². The van der Waals surface area contributed by atoms with E-state index in [1.165, 1.54) is 32.1 Å². The van der Waals surface area contributed by atoms with Crippen LogP contribution >= 0.6 is 0 Å². The van der Waals surface area contributed by atoms with Crippen molar-refractivity contribution in [1.82, 2.24) is 10.2 Å². The van der Waals surface area contributed by atoms with Crippen LogP contribution in [0.3, 0.4) is 0 Å². The number of hydrogen-bond donors (Lipinski definition) is 1. The summed E-state index contributed by atoms with van der Waals surface area (Å²) in [4.78, 5) is 2.67. The zero-order valence-corrected chi connectivity index (χ0v) is 14.3. The van der Waals surface area contributed by atoms with E-state index in [2.05, 4.69) is 37.9 Å². The minimum atomic E-state index is 0.594. The van der Waals surface area contributed by atoms with E-state index in [1.807, 2.05) is 0 Å². The second kappa shape index (κ2) is 9.75. The molecule has 0 aromatic carbocycles. The lowest BCUT2D eigenvalue weighted by atomic mass is 9.79. The molecule has 0 aromatic rings. The van der Waals surface area contributed by atoms with Crippen LogP contribution in [-0.2, 0) is 4.74 Å². The Morgan fingerprint density at radius 3 is 2.55 bits per heavy atom. The van der Waals surface area contributed by atoms with E-state index in [9.17, 15) is 0 Å².